The molecule has 2 heterocycles. The zero-order chi connectivity index (χ0) is 21.3. The maximum atomic E-state index is 13.0. The van der Waals surface area contributed by atoms with Crippen molar-refractivity contribution in [3.63, 3.8) is 0 Å². The van der Waals surface area contributed by atoms with Crippen LogP contribution in [-0.2, 0) is 9.59 Å². The van der Waals surface area contributed by atoms with Crippen molar-refractivity contribution >= 4 is 35.1 Å². The highest BCUT2D eigenvalue weighted by atomic mass is 35.5. The van der Waals surface area contributed by atoms with Crippen LogP contribution in [0, 0.1) is 5.92 Å². The van der Waals surface area contributed by atoms with Crippen LogP contribution in [-0.4, -0.2) is 65.9 Å². The fourth-order valence-electron chi connectivity index (χ4n) is 4.88. The molecule has 0 atom stereocenters. The number of imide groups is 1. The average molecular weight is 433 g/mol. The molecule has 8 heteroatoms. The third-order valence-electron chi connectivity index (χ3n) is 6.90. The Kier molecular flexibility index (Phi) is 5.91. The number of hydrogen-bond donors (Lipinski definition) is 1. The Morgan fingerprint density at radius 2 is 1.80 bits per heavy atom. The first-order valence-corrected chi connectivity index (χ1v) is 11.2. The highest BCUT2D eigenvalue weighted by molar-refractivity contribution is 6.33. The van der Waals surface area contributed by atoms with Crippen molar-refractivity contribution in [3.8, 4) is 0 Å². The molecule has 4 amide bonds. The summed E-state index contributed by atoms with van der Waals surface area (Å²) in [5, 5.41) is 3.59. The monoisotopic (exact) mass is 432 g/mol. The van der Waals surface area contributed by atoms with E-state index in [1.807, 2.05) is 24.3 Å². The normalized spacial score (nSPS) is 27.0. The van der Waals surface area contributed by atoms with Gasteiger partial charge in [-0.1, -0.05) is 37.1 Å². The number of amides is 4. The Morgan fingerprint density at radius 1 is 1.13 bits per heavy atom. The molecule has 1 aromatic rings. The lowest BCUT2D eigenvalue weighted by Crippen LogP contribution is -2.53. The predicted octanol–water partition coefficient (Wildman–Crippen LogP) is 2.88. The Bertz CT molecular complexity index is 829. The molecule has 2 aliphatic heterocycles. The minimum absolute atomic E-state index is 0.184. The van der Waals surface area contributed by atoms with Crippen LogP contribution in [0.2, 0.25) is 5.02 Å². The van der Waals surface area contributed by atoms with Crippen molar-refractivity contribution in [1.29, 1.82) is 0 Å². The molecule has 3 aliphatic rings. The number of nitrogens with zero attached hydrogens (tertiary/aromatic N) is 3. The van der Waals surface area contributed by atoms with Gasteiger partial charge in [0, 0.05) is 26.2 Å². The Morgan fingerprint density at radius 3 is 2.43 bits per heavy atom. The summed E-state index contributed by atoms with van der Waals surface area (Å²) in [6.45, 7) is 4.38. The van der Waals surface area contributed by atoms with E-state index in [4.69, 9.17) is 11.6 Å². The number of carbonyl (C=O) groups excluding carboxylic acids is 3. The number of para-hydroxylation sites is 1. The molecule has 162 valence electrons. The van der Waals surface area contributed by atoms with Crippen molar-refractivity contribution in [2.24, 2.45) is 5.92 Å². The van der Waals surface area contributed by atoms with E-state index in [-0.39, 0.29) is 18.4 Å². The molecule has 3 fully saturated rings. The van der Waals surface area contributed by atoms with Crippen LogP contribution in [0.25, 0.3) is 0 Å². The van der Waals surface area contributed by atoms with E-state index in [0.717, 1.165) is 29.8 Å². The van der Waals surface area contributed by atoms with Gasteiger partial charge in [0.2, 0.25) is 5.91 Å². The molecular formula is C22H29ClN4O3. The Balaban J connectivity index is 1.34. The van der Waals surface area contributed by atoms with Crippen LogP contribution < -0.4 is 10.2 Å². The Hall–Kier alpha value is -2.28. The molecule has 30 heavy (non-hydrogen) atoms. The minimum atomic E-state index is -0.800. The minimum Gasteiger partial charge on any atom is -0.367 e. The van der Waals surface area contributed by atoms with Crippen LogP contribution in [0.1, 0.15) is 39.0 Å². The highest BCUT2D eigenvalue weighted by Gasteiger charge is 2.52. The maximum absolute atomic E-state index is 13.0. The predicted molar refractivity (Wildman–Crippen MR) is 115 cm³/mol. The first-order valence-electron chi connectivity index (χ1n) is 10.8. The third-order valence-corrected chi connectivity index (χ3v) is 7.22. The molecule has 0 unspecified atom stereocenters. The van der Waals surface area contributed by atoms with Gasteiger partial charge >= 0.3 is 6.03 Å². The van der Waals surface area contributed by atoms with E-state index in [1.54, 1.807) is 4.90 Å². The lowest BCUT2D eigenvalue weighted by molar-refractivity contribution is -0.139. The van der Waals surface area contributed by atoms with Crippen molar-refractivity contribution in [3.05, 3.63) is 29.3 Å². The summed E-state index contributed by atoms with van der Waals surface area (Å²) in [7, 11) is 0. The summed E-state index contributed by atoms with van der Waals surface area (Å²) < 4.78 is 0. The molecular weight excluding hydrogens is 404 g/mol. The number of urea groups is 1. The van der Waals surface area contributed by atoms with Gasteiger partial charge in [0.05, 0.1) is 10.7 Å². The first-order chi connectivity index (χ1) is 14.4. The number of nitrogens with one attached hydrogen (secondary N) is 1. The van der Waals surface area contributed by atoms with E-state index in [1.165, 1.54) is 0 Å². The molecule has 0 bridgehead atoms. The van der Waals surface area contributed by atoms with Crippen LogP contribution in [0.4, 0.5) is 10.5 Å². The molecule has 0 radical (unpaired) electrons. The number of piperazine rings is 1. The van der Waals surface area contributed by atoms with Gasteiger partial charge in [0.25, 0.3) is 5.91 Å². The molecule has 4 rings (SSSR count). The summed E-state index contributed by atoms with van der Waals surface area (Å²) in [5.41, 5.74) is 0.163. The van der Waals surface area contributed by atoms with Crippen LogP contribution >= 0.6 is 11.6 Å². The number of rotatable bonds is 4. The van der Waals surface area contributed by atoms with Gasteiger partial charge in [-0.3, -0.25) is 14.5 Å². The topological polar surface area (TPSA) is 73.0 Å². The van der Waals surface area contributed by atoms with Gasteiger partial charge in [0.1, 0.15) is 12.1 Å². The quantitative estimate of drug-likeness (QED) is 0.742. The van der Waals surface area contributed by atoms with Crippen molar-refractivity contribution in [1.82, 2.24) is 15.1 Å². The van der Waals surface area contributed by atoms with Gasteiger partial charge < -0.3 is 15.1 Å². The summed E-state index contributed by atoms with van der Waals surface area (Å²) in [5.74, 6) is 0.201. The summed E-state index contributed by atoms with van der Waals surface area (Å²) >= 11 is 6.28. The average Bonchev–Trinajstić information content (AvgIpc) is 2.99. The third kappa shape index (κ3) is 3.87. The zero-order valence-electron chi connectivity index (χ0n) is 17.4. The van der Waals surface area contributed by atoms with E-state index < -0.39 is 11.6 Å². The summed E-state index contributed by atoms with van der Waals surface area (Å²) in [6, 6.07) is 7.24. The molecule has 1 aromatic carbocycles. The van der Waals surface area contributed by atoms with Gasteiger partial charge in [-0.05, 0) is 43.7 Å². The van der Waals surface area contributed by atoms with Crippen LogP contribution in [0.3, 0.4) is 0 Å². The number of halogens is 1. The largest absolute Gasteiger partial charge is 0.367 e. The van der Waals surface area contributed by atoms with Crippen LogP contribution in [0.5, 0.6) is 0 Å². The van der Waals surface area contributed by atoms with E-state index in [9.17, 15) is 14.4 Å². The number of hydrogen-bond acceptors (Lipinski definition) is 4. The second-order valence-corrected chi connectivity index (χ2v) is 8.98. The van der Waals surface area contributed by atoms with Crippen molar-refractivity contribution in [2.75, 3.05) is 37.6 Å². The summed E-state index contributed by atoms with van der Waals surface area (Å²) in [6.07, 6.45) is 4.30. The zero-order valence-corrected chi connectivity index (χ0v) is 18.2. The van der Waals surface area contributed by atoms with Gasteiger partial charge in [0.15, 0.2) is 0 Å². The molecule has 7 nitrogen and oxygen atoms in total. The fourth-order valence-corrected chi connectivity index (χ4v) is 5.13. The lowest BCUT2D eigenvalue weighted by atomic mass is 9.75. The highest BCUT2D eigenvalue weighted by Crippen LogP contribution is 2.37. The fraction of sp³-hybridized carbons (Fsp3) is 0.591. The maximum Gasteiger partial charge on any atom is 0.325 e. The molecule has 0 aromatic heterocycles. The number of carbonyl (C=O) groups is 3. The molecule has 1 spiro atoms. The molecule has 2 saturated heterocycles. The number of anilines is 1. The molecule has 1 aliphatic carbocycles. The van der Waals surface area contributed by atoms with E-state index in [0.29, 0.717) is 50.0 Å². The first kappa shape index (κ1) is 21.0. The van der Waals surface area contributed by atoms with Crippen molar-refractivity contribution in [2.45, 2.75) is 44.6 Å². The standard InChI is InChI=1S/C22H29ClN4O3/c1-2-16-7-9-22(10-8-16)20(29)27(21(30)24-22)15-19(28)26-13-11-25(12-14-26)18-6-4-3-5-17(18)23/h3-6,16H,2,7-15H2,1H3,(H,24,30). The lowest BCUT2D eigenvalue weighted by Gasteiger charge is -2.37. The smallest absolute Gasteiger partial charge is 0.325 e. The van der Waals surface area contributed by atoms with Gasteiger partial charge in [-0.15, -0.1) is 0 Å². The van der Waals surface area contributed by atoms with Gasteiger partial charge in [-0.2, -0.15) is 0 Å². The molecule has 1 N–H and O–H groups in total. The van der Waals surface area contributed by atoms with Gasteiger partial charge in [-0.25, -0.2) is 4.79 Å². The Labute approximate surface area is 182 Å². The SMILES string of the molecule is CCC1CCC2(CC1)NC(=O)N(CC(=O)N1CCN(c3ccccc3Cl)CC1)C2=O. The number of benzene rings is 1. The van der Waals surface area contributed by atoms with Crippen LogP contribution in [0.15, 0.2) is 24.3 Å². The summed E-state index contributed by atoms with van der Waals surface area (Å²) in [4.78, 5) is 43.4. The second-order valence-electron chi connectivity index (χ2n) is 8.57. The van der Waals surface area contributed by atoms with E-state index in [2.05, 4.69) is 17.1 Å². The van der Waals surface area contributed by atoms with E-state index >= 15 is 0 Å². The second kappa shape index (κ2) is 8.46. The molecule has 1 saturated carbocycles. The van der Waals surface area contributed by atoms with Crippen molar-refractivity contribution < 1.29 is 14.4 Å².